The van der Waals surface area contributed by atoms with Crippen LogP contribution in [0.4, 0.5) is 0 Å². The molecule has 0 aliphatic carbocycles. The van der Waals surface area contributed by atoms with E-state index in [1.54, 1.807) is 0 Å². The zero-order valence-electron chi connectivity index (χ0n) is 8.59. The third kappa shape index (κ3) is 4.12. The summed E-state index contributed by atoms with van der Waals surface area (Å²) in [5.74, 6) is 0.571. The van der Waals surface area contributed by atoms with E-state index in [0.29, 0.717) is 5.92 Å². The molecule has 0 heterocycles. The first-order valence-electron chi connectivity index (χ1n) is 4.46. The van der Waals surface area contributed by atoms with Crippen LogP contribution in [0.5, 0.6) is 0 Å². The Hall–Kier alpha value is -0.850. The van der Waals surface area contributed by atoms with Crippen molar-refractivity contribution in [2.45, 2.75) is 34.1 Å². The molecule has 1 heteroatoms. The molecule has 0 aliphatic heterocycles. The lowest BCUT2D eigenvalue weighted by Gasteiger charge is -2.06. The molecule has 0 aromatic heterocycles. The third-order valence-electron chi connectivity index (χ3n) is 1.73. The minimum Gasteiger partial charge on any atom is -0.269 e. The molecule has 0 spiro atoms. The van der Waals surface area contributed by atoms with Crippen LogP contribution >= 0.6 is 0 Å². The number of hydrogen-bond acceptors (Lipinski definition) is 1. The van der Waals surface area contributed by atoms with Gasteiger partial charge in [0, 0.05) is 5.70 Å². The van der Waals surface area contributed by atoms with Gasteiger partial charge in [-0.25, -0.2) is 0 Å². The van der Waals surface area contributed by atoms with Crippen LogP contribution in [0.2, 0.25) is 0 Å². The summed E-state index contributed by atoms with van der Waals surface area (Å²) in [5.41, 5.74) is 2.34. The first-order valence-corrected chi connectivity index (χ1v) is 4.46. The van der Waals surface area contributed by atoms with Crippen LogP contribution < -0.4 is 0 Å². The highest BCUT2D eigenvalue weighted by atomic mass is 14.7. The van der Waals surface area contributed by atoms with E-state index in [9.17, 15) is 0 Å². The van der Waals surface area contributed by atoms with E-state index in [1.807, 2.05) is 6.92 Å². The molecule has 0 aromatic carbocycles. The summed E-state index contributed by atoms with van der Waals surface area (Å²) in [6.07, 6.45) is 5.41. The van der Waals surface area contributed by atoms with Gasteiger partial charge in [0.2, 0.25) is 0 Å². The van der Waals surface area contributed by atoms with Crippen molar-refractivity contribution in [1.82, 2.24) is 0 Å². The highest BCUT2D eigenvalue weighted by Gasteiger charge is 1.98. The third-order valence-corrected chi connectivity index (χ3v) is 1.73. The van der Waals surface area contributed by atoms with Crippen LogP contribution in [-0.2, 0) is 0 Å². The smallest absolute Gasteiger partial charge is 0.0368 e. The lowest BCUT2D eigenvalue weighted by atomic mass is 10.0. The van der Waals surface area contributed by atoms with Gasteiger partial charge in [-0.1, -0.05) is 26.8 Å². The second-order valence-electron chi connectivity index (χ2n) is 3.21. The summed E-state index contributed by atoms with van der Waals surface area (Å²) in [5, 5.41) is 0. The summed E-state index contributed by atoms with van der Waals surface area (Å²) in [6.45, 7) is 12.0. The Balaban J connectivity index is 4.54. The van der Waals surface area contributed by atoms with Gasteiger partial charge in [-0.2, -0.15) is 0 Å². The van der Waals surface area contributed by atoms with Crippen LogP contribution in [0, 0.1) is 5.92 Å². The normalized spacial score (nSPS) is 13.8. The number of nitrogens with zero attached hydrogens (tertiary/aromatic N) is 1. The predicted octanol–water partition coefficient (Wildman–Crippen LogP) is 3.58. The monoisotopic (exact) mass is 165 g/mol. The SMILES string of the molecule is C=N/C(C)=C\C(=C/CC)C(C)C. The number of aliphatic imine (C=N–C) groups is 1. The fourth-order valence-corrected chi connectivity index (χ4v) is 0.984. The van der Waals surface area contributed by atoms with Crippen molar-refractivity contribution in [3.63, 3.8) is 0 Å². The Labute approximate surface area is 75.9 Å². The molecular formula is C11H19N. The van der Waals surface area contributed by atoms with Crippen LogP contribution in [0.25, 0.3) is 0 Å². The van der Waals surface area contributed by atoms with Gasteiger partial charge in [0.05, 0.1) is 0 Å². The van der Waals surface area contributed by atoms with Gasteiger partial charge in [-0.3, -0.25) is 4.99 Å². The zero-order chi connectivity index (χ0) is 9.56. The van der Waals surface area contributed by atoms with Crippen molar-refractivity contribution in [3.05, 3.63) is 23.4 Å². The van der Waals surface area contributed by atoms with E-state index in [1.165, 1.54) is 5.57 Å². The van der Waals surface area contributed by atoms with Gasteiger partial charge in [0.25, 0.3) is 0 Å². The van der Waals surface area contributed by atoms with E-state index < -0.39 is 0 Å². The van der Waals surface area contributed by atoms with Crippen LogP contribution in [0.15, 0.2) is 28.4 Å². The molecule has 0 saturated heterocycles. The van der Waals surface area contributed by atoms with E-state index >= 15 is 0 Å². The average molecular weight is 165 g/mol. The summed E-state index contributed by atoms with van der Waals surface area (Å²) in [4.78, 5) is 3.86. The Morgan fingerprint density at radius 2 is 2.08 bits per heavy atom. The first kappa shape index (κ1) is 11.2. The van der Waals surface area contributed by atoms with Gasteiger partial charge in [0.1, 0.15) is 0 Å². The van der Waals surface area contributed by atoms with E-state index in [4.69, 9.17) is 0 Å². The van der Waals surface area contributed by atoms with Crippen molar-refractivity contribution in [2.75, 3.05) is 0 Å². The van der Waals surface area contributed by atoms with E-state index in [-0.39, 0.29) is 0 Å². The van der Waals surface area contributed by atoms with Crippen molar-refractivity contribution >= 4 is 6.72 Å². The van der Waals surface area contributed by atoms with Gasteiger partial charge in [-0.05, 0) is 37.6 Å². The quantitative estimate of drug-likeness (QED) is 0.446. The fourth-order valence-electron chi connectivity index (χ4n) is 0.984. The molecule has 0 rings (SSSR count). The minimum absolute atomic E-state index is 0.571. The molecule has 0 atom stereocenters. The average Bonchev–Trinajstić information content (AvgIpc) is 2.03. The molecule has 0 amide bonds. The highest BCUT2D eigenvalue weighted by Crippen LogP contribution is 2.14. The molecule has 0 unspecified atom stereocenters. The van der Waals surface area contributed by atoms with Crippen LogP contribution in [0.1, 0.15) is 34.1 Å². The molecule has 0 saturated carbocycles. The minimum atomic E-state index is 0.571. The highest BCUT2D eigenvalue weighted by molar-refractivity contribution is 5.32. The maximum atomic E-state index is 3.86. The lowest BCUT2D eigenvalue weighted by Crippen LogP contribution is -1.91. The second kappa shape index (κ2) is 5.76. The Bertz CT molecular complexity index is 197. The van der Waals surface area contributed by atoms with Gasteiger partial charge in [-0.15, -0.1) is 0 Å². The van der Waals surface area contributed by atoms with Crippen molar-refractivity contribution in [1.29, 1.82) is 0 Å². The van der Waals surface area contributed by atoms with Gasteiger partial charge in [0.15, 0.2) is 0 Å². The maximum absolute atomic E-state index is 3.86. The standard InChI is InChI=1S/C11H19N/c1-6-7-11(9(2)3)8-10(4)12-5/h7-9H,5-6H2,1-4H3/b10-8-,11-7+. The summed E-state index contributed by atoms with van der Waals surface area (Å²) < 4.78 is 0. The Morgan fingerprint density at radius 1 is 1.50 bits per heavy atom. The summed E-state index contributed by atoms with van der Waals surface area (Å²) >= 11 is 0. The molecule has 12 heavy (non-hydrogen) atoms. The van der Waals surface area contributed by atoms with Gasteiger partial charge >= 0.3 is 0 Å². The van der Waals surface area contributed by atoms with E-state index in [0.717, 1.165) is 12.1 Å². The second-order valence-corrected chi connectivity index (χ2v) is 3.21. The first-order chi connectivity index (χ1) is 5.61. The molecule has 0 radical (unpaired) electrons. The molecule has 0 bridgehead atoms. The van der Waals surface area contributed by atoms with E-state index in [2.05, 4.69) is 44.6 Å². The van der Waals surface area contributed by atoms with Crippen molar-refractivity contribution in [3.8, 4) is 0 Å². The molecule has 0 N–H and O–H groups in total. The number of rotatable bonds is 4. The molecule has 68 valence electrons. The Morgan fingerprint density at radius 3 is 2.42 bits per heavy atom. The Kier molecular flexibility index (Phi) is 5.35. The van der Waals surface area contributed by atoms with Crippen LogP contribution in [0.3, 0.4) is 0 Å². The molecule has 0 aromatic rings. The topological polar surface area (TPSA) is 12.4 Å². The summed E-state index contributed by atoms with van der Waals surface area (Å²) in [6, 6.07) is 0. The fraction of sp³-hybridized carbons (Fsp3) is 0.545. The maximum Gasteiger partial charge on any atom is 0.0368 e. The van der Waals surface area contributed by atoms with Crippen molar-refractivity contribution in [2.24, 2.45) is 10.9 Å². The number of allylic oxidation sites excluding steroid dienone is 4. The molecular weight excluding hydrogens is 146 g/mol. The van der Waals surface area contributed by atoms with Gasteiger partial charge < -0.3 is 0 Å². The largest absolute Gasteiger partial charge is 0.269 e. The molecule has 1 nitrogen and oxygen atoms in total. The molecule has 0 aliphatic rings. The molecule has 0 fully saturated rings. The van der Waals surface area contributed by atoms with Crippen molar-refractivity contribution < 1.29 is 0 Å². The number of hydrogen-bond donors (Lipinski definition) is 0. The summed E-state index contributed by atoms with van der Waals surface area (Å²) in [7, 11) is 0. The predicted molar refractivity (Wildman–Crippen MR) is 56.5 cm³/mol. The zero-order valence-corrected chi connectivity index (χ0v) is 8.59. The van der Waals surface area contributed by atoms with Crippen LogP contribution in [-0.4, -0.2) is 6.72 Å². The lowest BCUT2D eigenvalue weighted by molar-refractivity contribution is 0.783.